The lowest BCUT2D eigenvalue weighted by Crippen LogP contribution is -2.48. The zero-order chi connectivity index (χ0) is 19.7. The maximum absolute atomic E-state index is 13.1. The molecule has 2 aromatic carbocycles. The van der Waals surface area contributed by atoms with Crippen molar-refractivity contribution < 1.29 is 9.53 Å². The number of fused-ring (bicyclic) bond motifs is 1. The minimum Gasteiger partial charge on any atom is -0.489 e. The number of para-hydroxylation sites is 1. The molecule has 0 radical (unpaired) electrons. The highest BCUT2D eigenvalue weighted by Crippen LogP contribution is 2.40. The summed E-state index contributed by atoms with van der Waals surface area (Å²) in [5, 5.41) is 8.91. The van der Waals surface area contributed by atoms with E-state index in [0.29, 0.717) is 30.1 Å². The lowest BCUT2D eigenvalue weighted by Gasteiger charge is -2.35. The average molecular weight is 375 g/mol. The largest absolute Gasteiger partial charge is 0.489 e. The van der Waals surface area contributed by atoms with Crippen molar-refractivity contribution in [2.75, 3.05) is 26.2 Å². The van der Waals surface area contributed by atoms with Gasteiger partial charge < -0.3 is 9.64 Å². The van der Waals surface area contributed by atoms with Crippen molar-refractivity contribution in [3.63, 3.8) is 0 Å². The number of nitriles is 1. The first-order chi connectivity index (χ1) is 13.6. The van der Waals surface area contributed by atoms with E-state index in [0.717, 1.165) is 30.9 Å². The lowest BCUT2D eigenvalue weighted by molar-refractivity contribution is 0.0623. The zero-order valence-corrected chi connectivity index (χ0v) is 16.4. The molecule has 5 heteroatoms. The third kappa shape index (κ3) is 3.48. The summed E-state index contributed by atoms with van der Waals surface area (Å²) in [7, 11) is 0. The number of piperazine rings is 1. The molecule has 28 heavy (non-hydrogen) atoms. The van der Waals surface area contributed by atoms with Gasteiger partial charge in [0, 0.05) is 44.2 Å². The first kappa shape index (κ1) is 18.5. The van der Waals surface area contributed by atoms with E-state index >= 15 is 0 Å². The molecule has 5 nitrogen and oxygen atoms in total. The van der Waals surface area contributed by atoms with Gasteiger partial charge in [-0.05, 0) is 30.7 Å². The molecular weight excluding hydrogens is 350 g/mol. The van der Waals surface area contributed by atoms with Crippen LogP contribution in [0.5, 0.6) is 5.75 Å². The number of carbonyl (C=O) groups is 1. The number of rotatable bonds is 3. The molecule has 0 aromatic heterocycles. The maximum atomic E-state index is 13.1. The van der Waals surface area contributed by atoms with Gasteiger partial charge in [0.15, 0.2) is 0 Å². The zero-order valence-electron chi connectivity index (χ0n) is 16.4. The van der Waals surface area contributed by atoms with Crippen molar-refractivity contribution in [2.45, 2.75) is 32.4 Å². The molecule has 2 heterocycles. The van der Waals surface area contributed by atoms with Gasteiger partial charge in [-0.25, -0.2) is 0 Å². The number of hydrogen-bond acceptors (Lipinski definition) is 4. The molecule has 0 N–H and O–H groups in total. The van der Waals surface area contributed by atoms with Gasteiger partial charge in [-0.1, -0.05) is 31.2 Å². The molecule has 2 unspecified atom stereocenters. The normalized spacial score (nSPS) is 21.7. The fourth-order valence-electron chi connectivity index (χ4n) is 3.98. The van der Waals surface area contributed by atoms with Crippen LogP contribution in [-0.2, 0) is 6.54 Å². The second kappa shape index (κ2) is 7.65. The van der Waals surface area contributed by atoms with Crippen LogP contribution in [0.2, 0.25) is 0 Å². The van der Waals surface area contributed by atoms with E-state index in [4.69, 9.17) is 10.00 Å². The molecule has 0 saturated carbocycles. The molecule has 2 aliphatic heterocycles. The van der Waals surface area contributed by atoms with E-state index in [1.807, 2.05) is 41.3 Å². The Morgan fingerprint density at radius 1 is 1.11 bits per heavy atom. The van der Waals surface area contributed by atoms with E-state index in [-0.39, 0.29) is 12.0 Å². The number of carbonyl (C=O) groups excluding carboxylic acids is 1. The minimum absolute atomic E-state index is 0.0659. The van der Waals surface area contributed by atoms with E-state index in [9.17, 15) is 4.79 Å². The number of benzene rings is 2. The van der Waals surface area contributed by atoms with Crippen molar-refractivity contribution >= 4 is 5.91 Å². The van der Waals surface area contributed by atoms with Crippen LogP contribution in [0, 0.1) is 11.3 Å². The predicted octanol–water partition coefficient (Wildman–Crippen LogP) is 3.40. The topological polar surface area (TPSA) is 56.6 Å². The lowest BCUT2D eigenvalue weighted by atomic mass is 9.96. The third-order valence-corrected chi connectivity index (χ3v) is 5.92. The first-order valence-electron chi connectivity index (χ1n) is 9.87. The summed E-state index contributed by atoms with van der Waals surface area (Å²) in [6, 6.07) is 15.8. The van der Waals surface area contributed by atoms with Crippen LogP contribution in [0.1, 0.15) is 46.8 Å². The fourth-order valence-corrected chi connectivity index (χ4v) is 3.98. The molecule has 2 aliphatic rings. The second-order valence-electron chi connectivity index (χ2n) is 7.71. The Hall–Kier alpha value is -2.84. The number of nitrogens with zero attached hydrogens (tertiary/aromatic N) is 3. The van der Waals surface area contributed by atoms with Crippen molar-refractivity contribution in [1.82, 2.24) is 9.80 Å². The highest BCUT2D eigenvalue weighted by Gasteiger charge is 2.33. The molecule has 1 amide bonds. The van der Waals surface area contributed by atoms with E-state index in [1.54, 1.807) is 0 Å². The summed E-state index contributed by atoms with van der Waals surface area (Å²) in [6.45, 7) is 8.15. The van der Waals surface area contributed by atoms with Gasteiger partial charge in [0.25, 0.3) is 5.91 Å². The van der Waals surface area contributed by atoms with Gasteiger partial charge >= 0.3 is 0 Å². The Kier molecular flexibility index (Phi) is 5.06. The number of hydrogen-bond donors (Lipinski definition) is 0. The fraction of sp³-hybridized carbons (Fsp3) is 0.391. The average Bonchev–Trinajstić information content (AvgIpc) is 3.03. The summed E-state index contributed by atoms with van der Waals surface area (Å²) in [6.07, 6.45) is 0.105. The summed E-state index contributed by atoms with van der Waals surface area (Å²) < 4.78 is 6.00. The van der Waals surface area contributed by atoms with Gasteiger partial charge in [-0.15, -0.1) is 0 Å². The molecule has 0 bridgehead atoms. The molecule has 0 aliphatic carbocycles. The molecule has 4 rings (SSSR count). The molecule has 2 atom stereocenters. The second-order valence-corrected chi connectivity index (χ2v) is 7.71. The maximum Gasteiger partial charge on any atom is 0.257 e. The summed E-state index contributed by atoms with van der Waals surface area (Å²) in [5.74, 6) is 1.15. The Labute approximate surface area is 166 Å². The van der Waals surface area contributed by atoms with Crippen molar-refractivity contribution in [3.8, 4) is 11.8 Å². The van der Waals surface area contributed by atoms with Crippen LogP contribution in [0.15, 0.2) is 42.5 Å². The SMILES string of the molecule is CC1Oc2c(C(=O)N3CCN(Cc4ccc(C#N)cc4)CC3)cccc2C1C. The van der Waals surface area contributed by atoms with Crippen LogP contribution in [0.4, 0.5) is 0 Å². The van der Waals surface area contributed by atoms with Crippen molar-refractivity contribution in [3.05, 3.63) is 64.7 Å². The molecule has 144 valence electrons. The van der Waals surface area contributed by atoms with Crippen LogP contribution < -0.4 is 4.74 Å². The molecule has 0 spiro atoms. The first-order valence-corrected chi connectivity index (χ1v) is 9.87. The van der Waals surface area contributed by atoms with Crippen molar-refractivity contribution in [2.24, 2.45) is 0 Å². The van der Waals surface area contributed by atoms with Crippen LogP contribution in [0.3, 0.4) is 0 Å². The Bertz CT molecular complexity index is 908. The predicted molar refractivity (Wildman–Crippen MR) is 107 cm³/mol. The number of ether oxygens (including phenoxy) is 1. The van der Waals surface area contributed by atoms with Crippen LogP contribution >= 0.6 is 0 Å². The standard InChI is InChI=1S/C23H25N3O2/c1-16-17(2)28-22-20(16)4-3-5-21(22)23(27)26-12-10-25(11-13-26)15-19-8-6-18(14-24)7-9-19/h3-9,16-17H,10-13,15H2,1-2H3. The Morgan fingerprint density at radius 3 is 2.50 bits per heavy atom. The Balaban J connectivity index is 1.39. The molecule has 1 fully saturated rings. The summed E-state index contributed by atoms with van der Waals surface area (Å²) in [4.78, 5) is 17.4. The van der Waals surface area contributed by atoms with Crippen LogP contribution in [0.25, 0.3) is 0 Å². The number of amides is 1. The highest BCUT2D eigenvalue weighted by atomic mass is 16.5. The van der Waals surface area contributed by atoms with Gasteiger partial charge in [0.2, 0.25) is 0 Å². The summed E-state index contributed by atoms with van der Waals surface area (Å²) in [5.41, 5.74) is 3.70. The van der Waals surface area contributed by atoms with Gasteiger partial charge in [-0.3, -0.25) is 9.69 Å². The minimum atomic E-state index is 0.0659. The van der Waals surface area contributed by atoms with Gasteiger partial charge in [0.05, 0.1) is 17.2 Å². The Morgan fingerprint density at radius 2 is 1.82 bits per heavy atom. The van der Waals surface area contributed by atoms with Gasteiger partial charge in [-0.2, -0.15) is 5.26 Å². The van der Waals surface area contributed by atoms with E-state index in [2.05, 4.69) is 30.9 Å². The molecular formula is C23H25N3O2. The van der Waals surface area contributed by atoms with E-state index < -0.39 is 0 Å². The van der Waals surface area contributed by atoms with E-state index in [1.165, 1.54) is 5.56 Å². The quantitative estimate of drug-likeness (QED) is 0.825. The monoisotopic (exact) mass is 375 g/mol. The molecule has 1 saturated heterocycles. The van der Waals surface area contributed by atoms with Crippen LogP contribution in [-0.4, -0.2) is 48.0 Å². The smallest absolute Gasteiger partial charge is 0.257 e. The van der Waals surface area contributed by atoms with Gasteiger partial charge in [0.1, 0.15) is 11.9 Å². The third-order valence-electron chi connectivity index (χ3n) is 5.92. The summed E-state index contributed by atoms with van der Waals surface area (Å²) >= 11 is 0. The molecule has 2 aromatic rings. The van der Waals surface area contributed by atoms with Crippen molar-refractivity contribution in [1.29, 1.82) is 5.26 Å². The highest BCUT2D eigenvalue weighted by molar-refractivity contribution is 5.97.